The third-order valence-electron chi connectivity index (χ3n) is 3.67. The molecule has 0 aromatic carbocycles. The number of fused-ring (bicyclic) bond motifs is 1. The van der Waals surface area contributed by atoms with Gasteiger partial charge in [-0.15, -0.1) is 0 Å². The van der Waals surface area contributed by atoms with Crippen LogP contribution in [-0.2, 0) is 23.6 Å². The SMILES string of the molecule is CC(C)N(Cc1cnn(C)c1)S(=O)(=O)c1c[nH]c2ncccc12. The lowest BCUT2D eigenvalue weighted by Gasteiger charge is -2.25. The summed E-state index contributed by atoms with van der Waals surface area (Å²) in [4.78, 5) is 7.33. The van der Waals surface area contributed by atoms with E-state index in [4.69, 9.17) is 0 Å². The Labute approximate surface area is 135 Å². The molecule has 3 heterocycles. The fourth-order valence-corrected chi connectivity index (χ4v) is 4.33. The number of nitrogens with zero attached hydrogens (tertiary/aromatic N) is 4. The van der Waals surface area contributed by atoms with Gasteiger partial charge < -0.3 is 4.98 Å². The molecule has 23 heavy (non-hydrogen) atoms. The summed E-state index contributed by atoms with van der Waals surface area (Å²) in [5.41, 5.74) is 1.42. The quantitative estimate of drug-likeness (QED) is 0.773. The summed E-state index contributed by atoms with van der Waals surface area (Å²) < 4.78 is 29.4. The minimum atomic E-state index is -3.65. The fourth-order valence-electron chi connectivity index (χ4n) is 2.55. The molecule has 0 aliphatic carbocycles. The van der Waals surface area contributed by atoms with Gasteiger partial charge in [0.05, 0.1) is 6.20 Å². The van der Waals surface area contributed by atoms with Gasteiger partial charge in [0.1, 0.15) is 10.5 Å². The van der Waals surface area contributed by atoms with Gasteiger partial charge in [-0.1, -0.05) is 0 Å². The highest BCUT2D eigenvalue weighted by molar-refractivity contribution is 7.89. The van der Waals surface area contributed by atoms with Crippen LogP contribution in [0.2, 0.25) is 0 Å². The molecular formula is C15H19N5O2S. The van der Waals surface area contributed by atoms with E-state index in [1.807, 2.05) is 27.1 Å². The van der Waals surface area contributed by atoms with Crippen LogP contribution in [0.5, 0.6) is 0 Å². The normalized spacial score (nSPS) is 12.6. The molecule has 7 nitrogen and oxygen atoms in total. The van der Waals surface area contributed by atoms with Crippen LogP contribution < -0.4 is 0 Å². The first-order valence-electron chi connectivity index (χ1n) is 7.31. The van der Waals surface area contributed by atoms with E-state index >= 15 is 0 Å². The van der Waals surface area contributed by atoms with Gasteiger partial charge in [0.2, 0.25) is 10.0 Å². The molecule has 0 unspecified atom stereocenters. The van der Waals surface area contributed by atoms with Crippen LogP contribution in [0.3, 0.4) is 0 Å². The predicted molar refractivity (Wildman–Crippen MR) is 87.2 cm³/mol. The molecule has 8 heteroatoms. The van der Waals surface area contributed by atoms with Crippen molar-refractivity contribution >= 4 is 21.1 Å². The number of aromatic nitrogens is 4. The van der Waals surface area contributed by atoms with Crippen molar-refractivity contribution in [2.75, 3.05) is 0 Å². The van der Waals surface area contributed by atoms with Crippen molar-refractivity contribution in [2.45, 2.75) is 31.3 Å². The summed E-state index contributed by atoms with van der Waals surface area (Å²) >= 11 is 0. The molecule has 0 saturated heterocycles. The molecule has 0 bridgehead atoms. The summed E-state index contributed by atoms with van der Waals surface area (Å²) in [6.07, 6.45) is 6.64. The predicted octanol–water partition coefficient (Wildman–Crippen LogP) is 1.90. The number of nitrogens with one attached hydrogen (secondary N) is 1. The van der Waals surface area contributed by atoms with Crippen molar-refractivity contribution in [1.29, 1.82) is 0 Å². The summed E-state index contributed by atoms with van der Waals surface area (Å²) in [6, 6.07) is 3.31. The van der Waals surface area contributed by atoms with Crippen molar-refractivity contribution in [3.05, 3.63) is 42.5 Å². The number of H-pyrrole nitrogens is 1. The zero-order chi connectivity index (χ0) is 16.6. The molecule has 0 spiro atoms. The van der Waals surface area contributed by atoms with Crippen molar-refractivity contribution < 1.29 is 8.42 Å². The Kier molecular flexibility index (Phi) is 3.95. The second kappa shape index (κ2) is 5.78. The summed E-state index contributed by atoms with van der Waals surface area (Å²) in [6.45, 7) is 4.00. The van der Waals surface area contributed by atoms with Gasteiger partial charge in [0, 0.05) is 49.2 Å². The number of aromatic amines is 1. The maximum Gasteiger partial charge on any atom is 0.245 e. The van der Waals surface area contributed by atoms with Gasteiger partial charge in [0.25, 0.3) is 0 Å². The zero-order valence-electron chi connectivity index (χ0n) is 13.3. The second-order valence-corrected chi connectivity index (χ2v) is 7.58. The standard InChI is InChI=1S/C15H19N5O2S/c1-11(2)20(10-12-7-18-19(3)9-12)23(21,22)14-8-17-15-13(14)5-4-6-16-15/h4-9,11H,10H2,1-3H3,(H,16,17). The first kappa shape index (κ1) is 15.7. The number of rotatable bonds is 5. The smallest absolute Gasteiger partial charge is 0.245 e. The molecule has 3 rings (SSSR count). The summed E-state index contributed by atoms with van der Waals surface area (Å²) in [5, 5.41) is 4.70. The van der Waals surface area contributed by atoms with E-state index in [2.05, 4.69) is 15.1 Å². The highest BCUT2D eigenvalue weighted by Gasteiger charge is 2.30. The van der Waals surface area contributed by atoms with E-state index in [1.165, 1.54) is 10.5 Å². The lowest BCUT2D eigenvalue weighted by molar-refractivity contribution is 0.348. The Morgan fingerprint density at radius 2 is 2.17 bits per heavy atom. The Morgan fingerprint density at radius 1 is 1.39 bits per heavy atom. The molecule has 1 N–H and O–H groups in total. The van der Waals surface area contributed by atoms with E-state index in [0.29, 0.717) is 11.0 Å². The Bertz CT molecular complexity index is 926. The van der Waals surface area contributed by atoms with Crippen LogP contribution in [0.25, 0.3) is 11.0 Å². The Morgan fingerprint density at radius 3 is 2.83 bits per heavy atom. The van der Waals surface area contributed by atoms with Gasteiger partial charge in [-0.25, -0.2) is 13.4 Å². The first-order valence-corrected chi connectivity index (χ1v) is 8.75. The van der Waals surface area contributed by atoms with E-state index < -0.39 is 10.0 Å². The minimum absolute atomic E-state index is 0.179. The first-order chi connectivity index (χ1) is 10.9. The van der Waals surface area contributed by atoms with Crippen molar-refractivity contribution in [1.82, 2.24) is 24.1 Å². The van der Waals surface area contributed by atoms with E-state index in [0.717, 1.165) is 5.56 Å². The van der Waals surface area contributed by atoms with Crippen LogP contribution >= 0.6 is 0 Å². The maximum absolute atomic E-state index is 13.1. The number of hydrogen-bond donors (Lipinski definition) is 1. The molecular weight excluding hydrogens is 314 g/mol. The molecule has 0 amide bonds. The minimum Gasteiger partial charge on any atom is -0.345 e. The Hall–Kier alpha value is -2.19. The summed E-state index contributed by atoms with van der Waals surface area (Å²) in [7, 11) is -1.84. The number of sulfonamides is 1. The molecule has 3 aromatic rings. The van der Waals surface area contributed by atoms with Gasteiger partial charge in [-0.2, -0.15) is 9.40 Å². The van der Waals surface area contributed by atoms with Crippen LogP contribution in [0.4, 0.5) is 0 Å². The monoisotopic (exact) mass is 333 g/mol. The highest BCUT2D eigenvalue weighted by Crippen LogP contribution is 2.26. The molecule has 3 aromatic heterocycles. The Balaban J connectivity index is 2.04. The second-order valence-electron chi connectivity index (χ2n) is 5.72. The van der Waals surface area contributed by atoms with Gasteiger partial charge in [-0.3, -0.25) is 4.68 Å². The van der Waals surface area contributed by atoms with Gasteiger partial charge >= 0.3 is 0 Å². The molecule has 0 radical (unpaired) electrons. The van der Waals surface area contributed by atoms with Gasteiger partial charge in [0.15, 0.2) is 0 Å². The van der Waals surface area contributed by atoms with Crippen molar-refractivity contribution in [3.63, 3.8) is 0 Å². The lowest BCUT2D eigenvalue weighted by Crippen LogP contribution is -2.36. The molecule has 0 fully saturated rings. The van der Waals surface area contributed by atoms with E-state index in [9.17, 15) is 8.42 Å². The number of hydrogen-bond acceptors (Lipinski definition) is 4. The van der Waals surface area contributed by atoms with Crippen LogP contribution in [0.1, 0.15) is 19.4 Å². The molecule has 0 saturated carbocycles. The molecule has 0 atom stereocenters. The zero-order valence-corrected chi connectivity index (χ0v) is 14.1. The topological polar surface area (TPSA) is 83.9 Å². The average Bonchev–Trinajstić information content (AvgIpc) is 3.10. The number of pyridine rings is 1. The third kappa shape index (κ3) is 2.87. The van der Waals surface area contributed by atoms with Crippen LogP contribution in [-0.4, -0.2) is 38.5 Å². The summed E-state index contributed by atoms with van der Waals surface area (Å²) in [5.74, 6) is 0. The van der Waals surface area contributed by atoms with Crippen LogP contribution in [0.15, 0.2) is 41.8 Å². The molecule has 122 valence electrons. The van der Waals surface area contributed by atoms with Crippen LogP contribution in [0, 0.1) is 0 Å². The molecule has 0 aliphatic heterocycles. The van der Waals surface area contributed by atoms with Gasteiger partial charge in [-0.05, 0) is 26.0 Å². The third-order valence-corrected chi connectivity index (χ3v) is 5.73. The average molecular weight is 333 g/mol. The molecule has 0 aliphatic rings. The highest BCUT2D eigenvalue weighted by atomic mass is 32.2. The largest absolute Gasteiger partial charge is 0.345 e. The maximum atomic E-state index is 13.1. The number of aryl methyl sites for hydroxylation is 1. The van der Waals surface area contributed by atoms with E-state index in [1.54, 1.807) is 29.2 Å². The van der Waals surface area contributed by atoms with Crippen molar-refractivity contribution in [2.24, 2.45) is 7.05 Å². The van der Waals surface area contributed by atoms with Crippen molar-refractivity contribution in [3.8, 4) is 0 Å². The van der Waals surface area contributed by atoms with E-state index in [-0.39, 0.29) is 17.5 Å². The lowest BCUT2D eigenvalue weighted by atomic mass is 10.3. The fraction of sp³-hybridized carbons (Fsp3) is 0.333.